The molecule has 0 spiro atoms. The van der Waals surface area contributed by atoms with E-state index in [0.29, 0.717) is 0 Å². The summed E-state index contributed by atoms with van der Waals surface area (Å²) in [6.45, 7) is 6.90. The van der Waals surface area contributed by atoms with Gasteiger partial charge in [0.2, 0.25) is 0 Å². The van der Waals surface area contributed by atoms with Crippen molar-refractivity contribution in [3.8, 4) is 33.4 Å². The lowest BCUT2D eigenvalue weighted by atomic mass is 9.82. The van der Waals surface area contributed by atoms with Crippen LogP contribution in [0.4, 0.5) is 17.1 Å². The number of hydrogen-bond donors (Lipinski definition) is 0. The molecule has 1 aliphatic rings. The van der Waals surface area contributed by atoms with Crippen molar-refractivity contribution in [2.24, 2.45) is 0 Å². The average molecular weight is 708 g/mol. The molecule has 0 atom stereocenters. The zero-order chi connectivity index (χ0) is 36.8. The summed E-state index contributed by atoms with van der Waals surface area (Å²) in [5.41, 5.74) is 17.9. The average Bonchev–Trinajstić information content (AvgIpc) is 3.85. The van der Waals surface area contributed by atoms with E-state index >= 15 is 0 Å². The summed E-state index contributed by atoms with van der Waals surface area (Å²) in [5.74, 6) is 0. The van der Waals surface area contributed by atoms with Gasteiger partial charge in [-0.25, -0.2) is 0 Å². The van der Waals surface area contributed by atoms with Crippen LogP contribution in [0.5, 0.6) is 0 Å². The van der Waals surface area contributed by atoms with Gasteiger partial charge < -0.3 is 13.7 Å². The molecule has 8 aromatic carbocycles. The van der Waals surface area contributed by atoms with Crippen molar-refractivity contribution in [2.75, 3.05) is 4.90 Å². The molecule has 0 N–H and O–H groups in total. The SMILES string of the molecule is Cc1ccc2c(c1)C(C)(C)c1cc(N(c3cccc(-c4ccc5c(c4)oc4ccccc45)c3)c3cccc(-c4ccc5c(c4)oc4ccccc45)c3)ccc1-2. The predicted octanol–water partition coefficient (Wildman–Crippen LogP) is 14.9. The van der Waals surface area contributed by atoms with E-state index in [0.717, 1.165) is 83.2 Å². The third-order valence-electron chi connectivity index (χ3n) is 11.7. The Morgan fingerprint density at radius 3 is 1.44 bits per heavy atom. The smallest absolute Gasteiger partial charge is 0.136 e. The molecule has 0 bridgehead atoms. The second-order valence-electron chi connectivity index (χ2n) is 15.5. The molecule has 0 saturated heterocycles. The molecular weight excluding hydrogens is 671 g/mol. The minimum absolute atomic E-state index is 0.133. The van der Waals surface area contributed by atoms with Crippen molar-refractivity contribution in [3.05, 3.63) is 187 Å². The monoisotopic (exact) mass is 707 g/mol. The summed E-state index contributed by atoms with van der Waals surface area (Å²) in [7, 11) is 0. The third kappa shape index (κ3) is 4.97. The first kappa shape index (κ1) is 31.7. The number of anilines is 3. The van der Waals surface area contributed by atoms with Gasteiger partial charge in [-0.05, 0) is 124 Å². The van der Waals surface area contributed by atoms with E-state index in [1.165, 1.54) is 27.8 Å². The molecule has 2 heterocycles. The molecule has 10 aromatic rings. The molecule has 0 fully saturated rings. The lowest BCUT2D eigenvalue weighted by Gasteiger charge is -2.29. The van der Waals surface area contributed by atoms with Crippen LogP contribution < -0.4 is 4.90 Å². The summed E-state index contributed by atoms with van der Waals surface area (Å²) < 4.78 is 12.6. The van der Waals surface area contributed by atoms with Crippen molar-refractivity contribution in [1.29, 1.82) is 0 Å². The quantitative estimate of drug-likeness (QED) is 0.178. The van der Waals surface area contributed by atoms with E-state index in [4.69, 9.17) is 8.83 Å². The van der Waals surface area contributed by atoms with E-state index in [1.807, 2.05) is 24.3 Å². The molecule has 0 aliphatic heterocycles. The number of benzene rings is 8. The second-order valence-corrected chi connectivity index (χ2v) is 15.5. The van der Waals surface area contributed by atoms with Crippen LogP contribution in [0, 0.1) is 6.92 Å². The van der Waals surface area contributed by atoms with Gasteiger partial charge in [0.05, 0.1) is 0 Å². The van der Waals surface area contributed by atoms with Gasteiger partial charge in [-0.15, -0.1) is 0 Å². The van der Waals surface area contributed by atoms with E-state index in [-0.39, 0.29) is 5.41 Å². The first-order chi connectivity index (χ1) is 26.9. The molecular formula is C52H37NO2. The molecule has 3 nitrogen and oxygen atoms in total. The number of fused-ring (bicyclic) bond motifs is 9. The van der Waals surface area contributed by atoms with E-state index in [2.05, 4.69) is 171 Å². The summed E-state index contributed by atoms with van der Waals surface area (Å²) >= 11 is 0. The molecule has 0 amide bonds. The van der Waals surface area contributed by atoms with Crippen LogP contribution in [-0.4, -0.2) is 0 Å². The normalized spacial score (nSPS) is 13.1. The van der Waals surface area contributed by atoms with Gasteiger partial charge in [-0.3, -0.25) is 0 Å². The molecule has 55 heavy (non-hydrogen) atoms. The van der Waals surface area contributed by atoms with Gasteiger partial charge in [-0.2, -0.15) is 0 Å². The number of rotatable bonds is 5. The maximum atomic E-state index is 6.31. The molecule has 0 saturated carbocycles. The maximum absolute atomic E-state index is 6.31. The minimum atomic E-state index is -0.133. The molecule has 1 aliphatic carbocycles. The van der Waals surface area contributed by atoms with Gasteiger partial charge in [-0.1, -0.05) is 116 Å². The number of aryl methyl sites for hydroxylation is 1. The van der Waals surface area contributed by atoms with Crippen molar-refractivity contribution in [1.82, 2.24) is 0 Å². The van der Waals surface area contributed by atoms with E-state index < -0.39 is 0 Å². The summed E-state index contributed by atoms with van der Waals surface area (Å²) in [4.78, 5) is 2.40. The van der Waals surface area contributed by atoms with Crippen LogP contribution in [0.15, 0.2) is 179 Å². The molecule has 3 heteroatoms. The minimum Gasteiger partial charge on any atom is -0.456 e. The number of nitrogens with zero attached hydrogens (tertiary/aromatic N) is 1. The van der Waals surface area contributed by atoms with Gasteiger partial charge in [0.1, 0.15) is 22.3 Å². The van der Waals surface area contributed by atoms with Crippen molar-refractivity contribution >= 4 is 60.9 Å². The predicted molar refractivity (Wildman–Crippen MR) is 229 cm³/mol. The summed E-state index contributed by atoms with van der Waals surface area (Å²) in [6.07, 6.45) is 0. The molecule has 2 aromatic heterocycles. The van der Waals surface area contributed by atoms with Gasteiger partial charge in [0.25, 0.3) is 0 Å². The van der Waals surface area contributed by atoms with Crippen LogP contribution >= 0.6 is 0 Å². The molecule has 0 unspecified atom stereocenters. The third-order valence-corrected chi connectivity index (χ3v) is 11.7. The number of furan rings is 2. The number of para-hydroxylation sites is 2. The fraction of sp³-hybridized carbons (Fsp3) is 0.0769. The summed E-state index contributed by atoms with van der Waals surface area (Å²) in [6, 6.07) is 61.2. The van der Waals surface area contributed by atoms with Crippen LogP contribution in [0.25, 0.3) is 77.3 Å². The summed E-state index contributed by atoms with van der Waals surface area (Å²) in [5, 5.41) is 4.54. The zero-order valence-corrected chi connectivity index (χ0v) is 30.9. The Labute approximate surface area is 319 Å². The first-order valence-corrected chi connectivity index (χ1v) is 19.0. The Morgan fingerprint density at radius 1 is 0.382 bits per heavy atom. The lowest BCUT2D eigenvalue weighted by Crippen LogP contribution is -2.16. The highest BCUT2D eigenvalue weighted by molar-refractivity contribution is 6.07. The van der Waals surface area contributed by atoms with E-state index in [9.17, 15) is 0 Å². The van der Waals surface area contributed by atoms with Gasteiger partial charge in [0.15, 0.2) is 0 Å². The Balaban J connectivity index is 1.06. The highest BCUT2D eigenvalue weighted by Gasteiger charge is 2.36. The Bertz CT molecular complexity index is 3000. The van der Waals surface area contributed by atoms with Crippen LogP contribution in [-0.2, 0) is 5.41 Å². The molecule has 262 valence electrons. The van der Waals surface area contributed by atoms with Crippen LogP contribution in [0.3, 0.4) is 0 Å². The standard InChI is InChI=1S/C52H37NO2/c1-32-18-22-40-41-25-21-39(31-47(41)52(2,3)46(40)26-32)53(37-12-8-10-33(27-37)35-19-23-44-42-14-4-6-16-48(42)54-50(44)29-35)38-13-9-11-34(28-38)36-20-24-45-43-15-5-7-17-49(43)55-51(45)30-36/h4-31H,1-3H3. The number of hydrogen-bond acceptors (Lipinski definition) is 3. The van der Waals surface area contributed by atoms with Gasteiger partial charge in [0, 0.05) is 44.0 Å². The Kier molecular flexibility index (Phi) is 6.81. The zero-order valence-electron chi connectivity index (χ0n) is 30.9. The maximum Gasteiger partial charge on any atom is 0.136 e. The van der Waals surface area contributed by atoms with Crippen LogP contribution in [0.2, 0.25) is 0 Å². The van der Waals surface area contributed by atoms with Gasteiger partial charge >= 0.3 is 0 Å². The topological polar surface area (TPSA) is 29.5 Å². The van der Waals surface area contributed by atoms with E-state index in [1.54, 1.807) is 0 Å². The lowest BCUT2D eigenvalue weighted by molar-refractivity contribution is 0.660. The Morgan fingerprint density at radius 2 is 0.855 bits per heavy atom. The fourth-order valence-electron chi connectivity index (χ4n) is 8.89. The highest BCUT2D eigenvalue weighted by atomic mass is 16.3. The van der Waals surface area contributed by atoms with Crippen molar-refractivity contribution < 1.29 is 8.83 Å². The fourth-order valence-corrected chi connectivity index (χ4v) is 8.89. The Hall–Kier alpha value is -6.84. The molecule has 0 radical (unpaired) electrons. The molecule has 11 rings (SSSR count). The highest BCUT2D eigenvalue weighted by Crippen LogP contribution is 2.51. The van der Waals surface area contributed by atoms with Crippen molar-refractivity contribution in [3.63, 3.8) is 0 Å². The second kappa shape index (κ2) is 11.8. The largest absolute Gasteiger partial charge is 0.456 e. The van der Waals surface area contributed by atoms with Crippen LogP contribution in [0.1, 0.15) is 30.5 Å². The first-order valence-electron chi connectivity index (χ1n) is 19.0. The van der Waals surface area contributed by atoms with Crippen molar-refractivity contribution in [2.45, 2.75) is 26.2 Å².